The van der Waals surface area contributed by atoms with E-state index in [1.54, 1.807) is 6.07 Å². The molecule has 1 N–H and O–H groups in total. The van der Waals surface area contributed by atoms with Gasteiger partial charge in [-0.2, -0.15) is 0 Å². The molecule has 1 aromatic carbocycles. The predicted octanol–water partition coefficient (Wildman–Crippen LogP) is 2.19. The van der Waals surface area contributed by atoms with Crippen molar-refractivity contribution >= 4 is 11.7 Å². The zero-order valence-corrected chi connectivity index (χ0v) is 8.42. The first-order chi connectivity index (χ1) is 7.22. The Bertz CT molecular complexity index is 388. The van der Waals surface area contributed by atoms with Gasteiger partial charge in [0.25, 0.3) is 0 Å². The number of anilines is 1. The number of methoxy groups -OCH3 is 1. The van der Waals surface area contributed by atoms with Crippen molar-refractivity contribution in [3.8, 4) is 0 Å². The van der Waals surface area contributed by atoms with Gasteiger partial charge in [0.2, 0.25) is 0 Å². The molecule has 0 heterocycles. The average Bonchev–Trinajstić information content (AvgIpc) is 3.04. The van der Waals surface area contributed by atoms with Crippen molar-refractivity contribution < 1.29 is 13.9 Å². The lowest BCUT2D eigenvalue weighted by Gasteiger charge is -2.10. The second-order valence-corrected chi connectivity index (χ2v) is 3.57. The van der Waals surface area contributed by atoms with E-state index in [9.17, 15) is 9.18 Å². The van der Waals surface area contributed by atoms with Crippen LogP contribution in [0, 0.1) is 5.82 Å². The normalized spacial score (nSPS) is 14.8. The van der Waals surface area contributed by atoms with Crippen molar-refractivity contribution in [3.05, 3.63) is 29.6 Å². The van der Waals surface area contributed by atoms with Crippen molar-refractivity contribution in [2.45, 2.75) is 18.9 Å². The van der Waals surface area contributed by atoms with E-state index < -0.39 is 11.8 Å². The van der Waals surface area contributed by atoms with E-state index in [1.807, 2.05) is 0 Å². The number of ether oxygens (including phenoxy) is 1. The largest absolute Gasteiger partial charge is 0.465 e. The summed E-state index contributed by atoms with van der Waals surface area (Å²) < 4.78 is 18.1. The molecule has 0 amide bonds. The molecular formula is C11H12FNO2. The van der Waals surface area contributed by atoms with Crippen LogP contribution in [0.5, 0.6) is 0 Å². The first kappa shape index (κ1) is 9.96. The Morgan fingerprint density at radius 1 is 1.53 bits per heavy atom. The lowest BCUT2D eigenvalue weighted by molar-refractivity contribution is 0.0601. The van der Waals surface area contributed by atoms with Crippen LogP contribution in [0.1, 0.15) is 23.2 Å². The van der Waals surface area contributed by atoms with Crippen molar-refractivity contribution in [1.82, 2.24) is 0 Å². The number of rotatable bonds is 3. The Kier molecular flexibility index (Phi) is 2.58. The van der Waals surface area contributed by atoms with Crippen LogP contribution in [-0.2, 0) is 4.74 Å². The Balaban J connectivity index is 2.33. The monoisotopic (exact) mass is 209 g/mol. The molecule has 0 spiro atoms. The van der Waals surface area contributed by atoms with E-state index in [-0.39, 0.29) is 11.3 Å². The fourth-order valence-electron chi connectivity index (χ4n) is 1.38. The van der Waals surface area contributed by atoms with E-state index in [0.29, 0.717) is 6.04 Å². The maximum Gasteiger partial charge on any atom is 0.340 e. The van der Waals surface area contributed by atoms with E-state index in [1.165, 1.54) is 19.2 Å². The van der Waals surface area contributed by atoms with Crippen molar-refractivity contribution in [2.24, 2.45) is 0 Å². The van der Waals surface area contributed by atoms with Crippen molar-refractivity contribution in [1.29, 1.82) is 0 Å². The summed E-state index contributed by atoms with van der Waals surface area (Å²) >= 11 is 0. The fraction of sp³-hybridized carbons (Fsp3) is 0.364. The van der Waals surface area contributed by atoms with Gasteiger partial charge in [-0.05, 0) is 25.0 Å². The molecule has 1 saturated carbocycles. The van der Waals surface area contributed by atoms with Crippen LogP contribution in [0.25, 0.3) is 0 Å². The molecule has 0 radical (unpaired) electrons. The minimum atomic E-state index is -0.516. The highest BCUT2D eigenvalue weighted by Gasteiger charge is 2.25. The summed E-state index contributed by atoms with van der Waals surface area (Å²) in [7, 11) is 1.29. The number of nitrogens with one attached hydrogen (secondary N) is 1. The van der Waals surface area contributed by atoms with Crippen LogP contribution in [0.4, 0.5) is 10.1 Å². The zero-order chi connectivity index (χ0) is 10.8. The molecule has 0 atom stereocenters. The highest BCUT2D eigenvalue weighted by molar-refractivity contribution is 5.95. The molecule has 1 aromatic rings. The van der Waals surface area contributed by atoms with Crippen LogP contribution in [-0.4, -0.2) is 19.1 Å². The number of hydrogen-bond acceptors (Lipinski definition) is 3. The Hall–Kier alpha value is -1.58. The average molecular weight is 209 g/mol. The summed E-state index contributed by atoms with van der Waals surface area (Å²) in [5, 5.41) is 2.99. The topological polar surface area (TPSA) is 38.3 Å². The second kappa shape index (κ2) is 3.88. The SMILES string of the molecule is COC(=O)c1cccc(F)c1NC1CC1. The molecular weight excluding hydrogens is 197 g/mol. The number of hydrogen-bond donors (Lipinski definition) is 1. The van der Waals surface area contributed by atoms with Gasteiger partial charge in [-0.3, -0.25) is 0 Å². The number of para-hydroxylation sites is 1. The number of carbonyl (C=O) groups is 1. The smallest absolute Gasteiger partial charge is 0.340 e. The molecule has 3 nitrogen and oxygen atoms in total. The van der Waals surface area contributed by atoms with Crippen LogP contribution >= 0.6 is 0 Å². The quantitative estimate of drug-likeness (QED) is 0.775. The van der Waals surface area contributed by atoms with Crippen molar-refractivity contribution in [2.75, 3.05) is 12.4 Å². The number of carbonyl (C=O) groups excluding carboxylic acids is 1. The molecule has 80 valence electrons. The molecule has 2 rings (SSSR count). The molecule has 0 aliphatic heterocycles. The van der Waals surface area contributed by atoms with E-state index in [0.717, 1.165) is 12.8 Å². The first-order valence-corrected chi connectivity index (χ1v) is 4.85. The van der Waals surface area contributed by atoms with E-state index in [4.69, 9.17) is 0 Å². The maximum atomic E-state index is 13.5. The fourth-order valence-corrected chi connectivity index (χ4v) is 1.38. The number of esters is 1. The minimum Gasteiger partial charge on any atom is -0.465 e. The van der Waals surface area contributed by atoms with Gasteiger partial charge >= 0.3 is 5.97 Å². The Morgan fingerprint density at radius 2 is 2.27 bits per heavy atom. The van der Waals surface area contributed by atoms with Gasteiger partial charge in [0.1, 0.15) is 5.82 Å². The van der Waals surface area contributed by atoms with Gasteiger partial charge in [0, 0.05) is 6.04 Å². The highest BCUT2D eigenvalue weighted by Crippen LogP contribution is 2.28. The molecule has 0 aromatic heterocycles. The Morgan fingerprint density at radius 3 is 2.87 bits per heavy atom. The molecule has 15 heavy (non-hydrogen) atoms. The third kappa shape index (κ3) is 2.09. The van der Waals surface area contributed by atoms with Crippen molar-refractivity contribution in [3.63, 3.8) is 0 Å². The Labute approximate surface area is 87.2 Å². The van der Waals surface area contributed by atoms with Gasteiger partial charge in [0.05, 0.1) is 18.4 Å². The molecule has 1 aliphatic carbocycles. The van der Waals surface area contributed by atoms with Gasteiger partial charge in [0.15, 0.2) is 0 Å². The number of benzene rings is 1. The standard InChI is InChI=1S/C11H12FNO2/c1-15-11(14)8-3-2-4-9(12)10(8)13-7-5-6-7/h2-4,7,13H,5-6H2,1H3. The third-order valence-electron chi connectivity index (χ3n) is 2.34. The van der Waals surface area contributed by atoms with Crippen LogP contribution in [0.3, 0.4) is 0 Å². The second-order valence-electron chi connectivity index (χ2n) is 3.57. The predicted molar refractivity (Wildman–Crippen MR) is 54.4 cm³/mol. The molecule has 4 heteroatoms. The van der Waals surface area contributed by atoms with Gasteiger partial charge in [-0.1, -0.05) is 6.07 Å². The van der Waals surface area contributed by atoms with Gasteiger partial charge in [-0.15, -0.1) is 0 Å². The summed E-state index contributed by atoms with van der Waals surface area (Å²) in [6.45, 7) is 0. The van der Waals surface area contributed by atoms with E-state index >= 15 is 0 Å². The summed E-state index contributed by atoms with van der Waals surface area (Å²) in [4.78, 5) is 11.4. The highest BCUT2D eigenvalue weighted by atomic mass is 19.1. The molecule has 1 fully saturated rings. The van der Waals surface area contributed by atoms with Crippen LogP contribution < -0.4 is 5.32 Å². The zero-order valence-electron chi connectivity index (χ0n) is 8.42. The molecule has 0 unspecified atom stereocenters. The molecule has 0 bridgehead atoms. The molecule has 1 aliphatic rings. The van der Waals surface area contributed by atoms with Gasteiger partial charge in [-0.25, -0.2) is 9.18 Å². The van der Waals surface area contributed by atoms with Crippen LogP contribution in [0.15, 0.2) is 18.2 Å². The maximum absolute atomic E-state index is 13.5. The third-order valence-corrected chi connectivity index (χ3v) is 2.34. The lowest BCUT2D eigenvalue weighted by Crippen LogP contribution is -2.11. The first-order valence-electron chi connectivity index (χ1n) is 4.85. The number of halogens is 1. The van der Waals surface area contributed by atoms with E-state index in [2.05, 4.69) is 10.1 Å². The van der Waals surface area contributed by atoms with Crippen LogP contribution in [0.2, 0.25) is 0 Å². The summed E-state index contributed by atoms with van der Waals surface area (Å²) in [6, 6.07) is 4.68. The summed E-state index contributed by atoms with van der Waals surface area (Å²) in [5.41, 5.74) is 0.510. The summed E-state index contributed by atoms with van der Waals surface area (Å²) in [6.07, 6.45) is 2.05. The lowest BCUT2D eigenvalue weighted by atomic mass is 10.1. The summed E-state index contributed by atoms with van der Waals surface area (Å²) in [5.74, 6) is -0.928. The minimum absolute atomic E-state index is 0.254. The van der Waals surface area contributed by atoms with Gasteiger partial charge < -0.3 is 10.1 Å². The molecule has 0 saturated heterocycles.